The number of fused-ring (bicyclic) bond motifs is 1. The topological polar surface area (TPSA) is 65.1 Å². The van der Waals surface area contributed by atoms with Crippen LogP contribution in [-0.4, -0.2) is 42.3 Å². The van der Waals surface area contributed by atoms with Gasteiger partial charge >= 0.3 is 5.97 Å². The summed E-state index contributed by atoms with van der Waals surface area (Å²) in [6.07, 6.45) is 2.79. The summed E-state index contributed by atoms with van der Waals surface area (Å²) in [4.78, 5) is 25.7. The Morgan fingerprint density at radius 1 is 1.24 bits per heavy atom. The van der Waals surface area contributed by atoms with Gasteiger partial charge in [0.15, 0.2) is 18.1 Å². The molecule has 0 spiro atoms. The second-order valence-corrected chi connectivity index (χ2v) is 6.57. The number of hydrogen-bond donors (Lipinski definition) is 0. The zero-order valence-electron chi connectivity index (χ0n) is 14.7. The van der Waals surface area contributed by atoms with Gasteiger partial charge in [0, 0.05) is 18.2 Å². The Morgan fingerprint density at radius 2 is 1.92 bits per heavy atom. The Kier molecular flexibility index (Phi) is 6.31. The summed E-state index contributed by atoms with van der Waals surface area (Å²) in [6.45, 7) is 7.51. The van der Waals surface area contributed by atoms with Gasteiger partial charge in [-0.2, -0.15) is 0 Å². The van der Waals surface area contributed by atoms with Crippen molar-refractivity contribution < 1.29 is 23.8 Å². The summed E-state index contributed by atoms with van der Waals surface area (Å²) in [5.74, 6) is 0.196. The van der Waals surface area contributed by atoms with E-state index in [1.54, 1.807) is 23.1 Å². The zero-order valence-corrected chi connectivity index (χ0v) is 15.5. The number of ether oxygens (including phenoxy) is 3. The molecule has 1 aromatic carbocycles. The Bertz CT molecular complexity index is 676. The van der Waals surface area contributed by atoms with Gasteiger partial charge in [-0.05, 0) is 51.5 Å². The van der Waals surface area contributed by atoms with Crippen LogP contribution in [0.1, 0.15) is 33.3 Å². The fourth-order valence-corrected chi connectivity index (χ4v) is 2.95. The average molecular weight is 368 g/mol. The number of amides is 1. The maximum Gasteiger partial charge on any atom is 0.331 e. The highest BCUT2D eigenvalue weighted by atomic mass is 35.5. The molecule has 0 saturated heterocycles. The quantitative estimate of drug-likeness (QED) is 0.570. The minimum atomic E-state index is -0.602. The van der Waals surface area contributed by atoms with Gasteiger partial charge in [-0.3, -0.25) is 4.79 Å². The van der Waals surface area contributed by atoms with E-state index in [9.17, 15) is 9.59 Å². The van der Waals surface area contributed by atoms with Crippen LogP contribution >= 0.6 is 11.6 Å². The SMILES string of the molecule is CC(C)N(C(=O)COC(=O)/C=C/c1cc(Cl)c2c(c1)OCO2)C(C)C. The number of halogens is 1. The number of hydrogen-bond acceptors (Lipinski definition) is 5. The molecule has 1 heterocycles. The van der Waals surface area contributed by atoms with Crippen LogP contribution in [0.5, 0.6) is 11.5 Å². The number of carbonyl (C=O) groups excluding carboxylic acids is 2. The predicted molar refractivity (Wildman–Crippen MR) is 94.7 cm³/mol. The molecule has 0 unspecified atom stereocenters. The van der Waals surface area contributed by atoms with Crippen LogP contribution in [0.25, 0.3) is 6.08 Å². The molecule has 0 atom stereocenters. The van der Waals surface area contributed by atoms with Crippen molar-refractivity contribution in [1.82, 2.24) is 4.90 Å². The van der Waals surface area contributed by atoms with Crippen molar-refractivity contribution in [1.29, 1.82) is 0 Å². The highest BCUT2D eigenvalue weighted by molar-refractivity contribution is 6.32. The van der Waals surface area contributed by atoms with Crippen LogP contribution in [-0.2, 0) is 14.3 Å². The molecule has 7 heteroatoms. The Hall–Kier alpha value is -2.21. The molecule has 136 valence electrons. The molecule has 0 aromatic heterocycles. The number of nitrogens with zero attached hydrogens (tertiary/aromatic N) is 1. The molecule has 0 N–H and O–H groups in total. The summed E-state index contributed by atoms with van der Waals surface area (Å²) in [6, 6.07) is 3.45. The van der Waals surface area contributed by atoms with Gasteiger partial charge in [0.1, 0.15) is 0 Å². The summed E-state index contributed by atoms with van der Waals surface area (Å²) >= 11 is 6.08. The molecule has 0 fully saturated rings. The van der Waals surface area contributed by atoms with Crippen molar-refractivity contribution in [3.63, 3.8) is 0 Å². The first-order valence-corrected chi connectivity index (χ1v) is 8.42. The minimum absolute atomic E-state index is 0.0394. The van der Waals surface area contributed by atoms with E-state index in [4.69, 9.17) is 25.8 Å². The largest absolute Gasteiger partial charge is 0.454 e. The third kappa shape index (κ3) is 4.89. The van der Waals surface area contributed by atoms with Gasteiger partial charge in [0.05, 0.1) is 5.02 Å². The van der Waals surface area contributed by atoms with Crippen LogP contribution in [0.4, 0.5) is 0 Å². The van der Waals surface area contributed by atoms with E-state index < -0.39 is 5.97 Å². The molecule has 1 aromatic rings. The van der Waals surface area contributed by atoms with Crippen molar-refractivity contribution >= 4 is 29.6 Å². The summed E-state index contributed by atoms with van der Waals surface area (Å²) in [5, 5.41) is 0.405. The van der Waals surface area contributed by atoms with Gasteiger partial charge in [0.2, 0.25) is 6.79 Å². The van der Waals surface area contributed by atoms with E-state index in [1.807, 2.05) is 27.7 Å². The Balaban J connectivity index is 1.93. The van der Waals surface area contributed by atoms with Gasteiger partial charge in [-0.15, -0.1) is 0 Å². The maximum atomic E-state index is 12.2. The van der Waals surface area contributed by atoms with Gasteiger partial charge in [-0.1, -0.05) is 11.6 Å². The molecule has 0 bridgehead atoms. The van der Waals surface area contributed by atoms with E-state index in [1.165, 1.54) is 6.08 Å². The molecule has 25 heavy (non-hydrogen) atoms. The van der Waals surface area contributed by atoms with Crippen molar-refractivity contribution in [3.05, 3.63) is 28.8 Å². The number of rotatable bonds is 6. The first-order valence-electron chi connectivity index (χ1n) is 8.04. The molecular weight excluding hydrogens is 346 g/mol. The maximum absolute atomic E-state index is 12.2. The van der Waals surface area contributed by atoms with Gasteiger partial charge < -0.3 is 19.1 Å². The van der Waals surface area contributed by atoms with E-state index in [-0.39, 0.29) is 31.4 Å². The second kappa shape index (κ2) is 8.25. The standard InChI is InChI=1S/C18H22ClNO5/c1-11(2)20(12(3)4)16(21)9-23-17(22)6-5-13-7-14(19)18-15(8-13)24-10-25-18/h5-8,11-12H,9-10H2,1-4H3/b6-5+. The van der Waals surface area contributed by atoms with Crippen LogP contribution in [0.2, 0.25) is 5.02 Å². The number of esters is 1. The number of benzene rings is 1. The molecular formula is C18H22ClNO5. The lowest BCUT2D eigenvalue weighted by Gasteiger charge is -2.30. The van der Waals surface area contributed by atoms with Crippen LogP contribution in [0.3, 0.4) is 0 Å². The first kappa shape index (κ1) is 19.1. The first-order chi connectivity index (χ1) is 11.8. The molecule has 1 aliphatic rings. The Labute approximate surface area is 152 Å². The van der Waals surface area contributed by atoms with Gasteiger partial charge in [0.25, 0.3) is 5.91 Å². The van der Waals surface area contributed by atoms with Crippen molar-refractivity contribution in [2.75, 3.05) is 13.4 Å². The third-order valence-electron chi connectivity index (χ3n) is 3.60. The lowest BCUT2D eigenvalue weighted by Crippen LogP contribution is -2.44. The fraction of sp³-hybridized carbons (Fsp3) is 0.444. The highest BCUT2D eigenvalue weighted by Gasteiger charge is 2.21. The molecule has 1 amide bonds. The normalized spacial score (nSPS) is 12.9. The van der Waals surface area contributed by atoms with Crippen molar-refractivity contribution in [2.45, 2.75) is 39.8 Å². The molecule has 6 nitrogen and oxygen atoms in total. The molecule has 0 radical (unpaired) electrons. The zero-order chi connectivity index (χ0) is 18.6. The monoisotopic (exact) mass is 367 g/mol. The smallest absolute Gasteiger partial charge is 0.331 e. The van der Waals surface area contributed by atoms with Gasteiger partial charge in [-0.25, -0.2) is 4.79 Å². The summed E-state index contributed by atoms with van der Waals surface area (Å²) in [7, 11) is 0. The molecule has 0 saturated carbocycles. The third-order valence-corrected chi connectivity index (χ3v) is 3.88. The number of carbonyl (C=O) groups is 2. The second-order valence-electron chi connectivity index (χ2n) is 6.17. The predicted octanol–water partition coefficient (Wildman–Crippen LogP) is 3.27. The van der Waals surface area contributed by atoms with Crippen molar-refractivity contribution in [3.8, 4) is 11.5 Å². The summed E-state index contributed by atoms with van der Waals surface area (Å²) < 4.78 is 15.5. The fourth-order valence-electron chi connectivity index (χ4n) is 2.68. The lowest BCUT2D eigenvalue weighted by molar-refractivity contribution is -0.150. The van der Waals surface area contributed by atoms with Crippen LogP contribution in [0.15, 0.2) is 18.2 Å². The van der Waals surface area contributed by atoms with E-state index in [2.05, 4.69) is 0 Å². The lowest BCUT2D eigenvalue weighted by atomic mass is 10.2. The minimum Gasteiger partial charge on any atom is -0.454 e. The van der Waals surface area contributed by atoms with Crippen LogP contribution < -0.4 is 9.47 Å². The molecule has 0 aliphatic carbocycles. The molecule has 1 aliphatic heterocycles. The molecule has 2 rings (SSSR count). The average Bonchev–Trinajstić information content (AvgIpc) is 2.99. The summed E-state index contributed by atoms with van der Waals surface area (Å²) in [5.41, 5.74) is 0.670. The van der Waals surface area contributed by atoms with E-state index in [0.717, 1.165) is 0 Å². The van der Waals surface area contributed by atoms with Crippen molar-refractivity contribution in [2.24, 2.45) is 0 Å². The highest BCUT2D eigenvalue weighted by Crippen LogP contribution is 2.40. The van der Waals surface area contributed by atoms with E-state index in [0.29, 0.717) is 22.1 Å². The van der Waals surface area contributed by atoms with Crippen LogP contribution in [0, 0.1) is 0 Å². The van der Waals surface area contributed by atoms with E-state index >= 15 is 0 Å². The Morgan fingerprint density at radius 3 is 2.56 bits per heavy atom.